The lowest BCUT2D eigenvalue weighted by molar-refractivity contribution is -0.305. The van der Waals surface area contributed by atoms with Crippen molar-refractivity contribution in [2.75, 3.05) is 64.1 Å². The zero-order valence-electron chi connectivity index (χ0n) is 13.6. The molecular weight excluding hydrogens is 295 g/mol. The third kappa shape index (κ3) is 16.2. The number of carboxylic acid groups (broad SMARTS) is 1. The highest BCUT2D eigenvalue weighted by Crippen LogP contribution is 2.53. The highest BCUT2D eigenvalue weighted by Gasteiger charge is 2.25. The fourth-order valence-corrected chi connectivity index (χ4v) is 3.27. The summed E-state index contributed by atoms with van der Waals surface area (Å²) in [5.74, 6) is -0.308. The Kier molecular flexibility index (Phi) is 17.5. The van der Waals surface area contributed by atoms with Crippen LogP contribution in [0, 0.1) is 0 Å². The molecule has 0 bridgehead atoms. The molecule has 0 aromatic carbocycles. The quantitative estimate of drug-likeness (QED) is 0.428. The Labute approximate surface area is 129 Å². The van der Waals surface area contributed by atoms with Crippen LogP contribution in [-0.4, -0.2) is 70.1 Å². The zero-order valence-corrected chi connectivity index (χ0v) is 15.4. The highest BCUT2D eigenvalue weighted by molar-refractivity contribution is 7.98. The lowest BCUT2D eigenvalue weighted by Gasteiger charge is -2.19. The molecule has 0 saturated heterocycles. The van der Waals surface area contributed by atoms with Gasteiger partial charge in [0.05, 0.1) is 38.3 Å². The minimum Gasteiger partial charge on any atom is -0.550 e. The van der Waals surface area contributed by atoms with Crippen LogP contribution >= 0.6 is 19.0 Å². The van der Waals surface area contributed by atoms with Crippen molar-refractivity contribution >= 4 is 25.0 Å². The van der Waals surface area contributed by atoms with E-state index in [0.717, 1.165) is 13.2 Å². The van der Waals surface area contributed by atoms with Crippen LogP contribution in [0.3, 0.4) is 0 Å². The van der Waals surface area contributed by atoms with Gasteiger partial charge in [-0.2, -0.15) is 11.8 Å². The maximum Gasteiger partial charge on any atom is 0.0825 e. The molecule has 0 saturated carbocycles. The topological polar surface area (TPSA) is 58.6 Å². The number of methoxy groups -OCH3 is 1. The van der Waals surface area contributed by atoms with Crippen molar-refractivity contribution in [3.05, 3.63) is 0 Å². The van der Waals surface area contributed by atoms with Gasteiger partial charge >= 0.3 is 0 Å². The lowest BCUT2D eigenvalue weighted by Crippen LogP contribution is -2.22. The molecule has 0 atom stereocenters. The van der Waals surface area contributed by atoms with E-state index < -0.39 is 13.2 Å². The predicted octanol–water partition coefficient (Wildman–Crippen LogP) is 1.83. The van der Waals surface area contributed by atoms with Crippen LogP contribution in [0.25, 0.3) is 0 Å². The molecule has 0 aliphatic heterocycles. The van der Waals surface area contributed by atoms with Gasteiger partial charge in [-0.1, -0.05) is 0 Å². The molecule has 6 heteroatoms. The van der Waals surface area contributed by atoms with Crippen molar-refractivity contribution in [1.29, 1.82) is 0 Å². The van der Waals surface area contributed by atoms with Gasteiger partial charge in [0.25, 0.3) is 0 Å². The van der Waals surface area contributed by atoms with Crippen molar-refractivity contribution in [3.8, 4) is 0 Å². The number of rotatable bonds is 11. The van der Waals surface area contributed by atoms with Crippen LogP contribution in [0.15, 0.2) is 0 Å². The number of carboxylic acids is 1. The SMILES string of the molecule is CC[P+](C)(CC)CCOCCOC.CSCCC(=O)[O-]. The average molecular weight is 326 g/mol. The lowest BCUT2D eigenvalue weighted by atomic mass is 10.5. The van der Waals surface area contributed by atoms with Gasteiger partial charge in [-0.3, -0.25) is 0 Å². The third-order valence-corrected chi connectivity index (χ3v) is 8.17. The van der Waals surface area contributed by atoms with Gasteiger partial charge in [0.1, 0.15) is 0 Å². The molecule has 0 aromatic rings. The normalized spacial score (nSPS) is 10.8. The summed E-state index contributed by atoms with van der Waals surface area (Å²) in [5, 5.41) is 9.63. The molecule has 0 N–H and O–H groups in total. The highest BCUT2D eigenvalue weighted by atomic mass is 32.2. The maximum absolute atomic E-state index is 9.63. The van der Waals surface area contributed by atoms with E-state index in [-0.39, 0.29) is 6.42 Å². The first-order valence-electron chi connectivity index (χ1n) is 7.04. The second-order valence-corrected chi connectivity index (χ2v) is 10.6. The summed E-state index contributed by atoms with van der Waals surface area (Å²) in [6.07, 6.45) is 5.99. The van der Waals surface area contributed by atoms with Crippen LogP contribution < -0.4 is 5.11 Å². The maximum atomic E-state index is 9.63. The van der Waals surface area contributed by atoms with Gasteiger partial charge in [0.2, 0.25) is 0 Å². The molecular formula is C14H31O4PS. The van der Waals surface area contributed by atoms with Crippen LogP contribution in [-0.2, 0) is 14.3 Å². The Morgan fingerprint density at radius 2 is 1.80 bits per heavy atom. The monoisotopic (exact) mass is 326 g/mol. The van der Waals surface area contributed by atoms with Crippen molar-refractivity contribution < 1.29 is 19.4 Å². The van der Waals surface area contributed by atoms with E-state index in [9.17, 15) is 9.90 Å². The number of carbonyl (C=O) groups is 1. The minimum atomic E-state index is -0.964. The molecule has 0 rings (SSSR count). The Bertz CT molecular complexity index is 223. The van der Waals surface area contributed by atoms with Crippen LogP contribution in [0.5, 0.6) is 0 Å². The Morgan fingerprint density at radius 3 is 2.15 bits per heavy atom. The summed E-state index contributed by atoms with van der Waals surface area (Å²) >= 11 is 1.51. The molecule has 0 unspecified atom stereocenters. The first-order valence-corrected chi connectivity index (χ1v) is 11.2. The van der Waals surface area contributed by atoms with E-state index in [1.807, 2.05) is 6.26 Å². The third-order valence-electron chi connectivity index (χ3n) is 3.24. The summed E-state index contributed by atoms with van der Waals surface area (Å²) in [5.41, 5.74) is 0. The second kappa shape index (κ2) is 15.6. The summed E-state index contributed by atoms with van der Waals surface area (Å²) in [6.45, 7) is 9.40. The van der Waals surface area contributed by atoms with Gasteiger partial charge in [-0.25, -0.2) is 0 Å². The van der Waals surface area contributed by atoms with E-state index in [4.69, 9.17) is 9.47 Å². The number of carbonyl (C=O) groups excluding carboxylic acids is 1. The molecule has 0 aromatic heterocycles. The number of aliphatic carboxylic acids is 1. The van der Waals surface area contributed by atoms with Crippen molar-refractivity contribution in [1.82, 2.24) is 0 Å². The molecule has 0 spiro atoms. The van der Waals surface area contributed by atoms with Crippen LogP contribution in [0.1, 0.15) is 20.3 Å². The standard InChI is InChI=1S/C10H24O2P.C4H8O2S/c1-5-13(4,6-2)10-9-12-8-7-11-3;1-7-3-2-4(5)6/h5-10H2,1-4H3;2-3H2,1H3,(H,5,6)/q+1;/p-1. The summed E-state index contributed by atoms with van der Waals surface area (Å²) < 4.78 is 10.4. The van der Waals surface area contributed by atoms with Crippen molar-refractivity contribution in [2.24, 2.45) is 0 Å². The molecule has 0 amide bonds. The van der Waals surface area contributed by atoms with Crippen molar-refractivity contribution in [2.45, 2.75) is 20.3 Å². The fourth-order valence-electron chi connectivity index (χ4n) is 1.25. The van der Waals surface area contributed by atoms with Gasteiger partial charge in [-0.15, -0.1) is 0 Å². The first kappa shape index (κ1) is 22.5. The number of hydrogen-bond donors (Lipinski definition) is 0. The van der Waals surface area contributed by atoms with Gasteiger partial charge in [0, 0.05) is 27.0 Å². The molecule has 0 aliphatic carbocycles. The van der Waals surface area contributed by atoms with E-state index in [0.29, 0.717) is 12.4 Å². The van der Waals surface area contributed by atoms with Gasteiger partial charge in [-0.05, 0) is 32.3 Å². The van der Waals surface area contributed by atoms with E-state index in [2.05, 4.69) is 20.5 Å². The Hall–Kier alpha value is 0.170. The smallest absolute Gasteiger partial charge is 0.0825 e. The first-order chi connectivity index (χ1) is 9.45. The summed E-state index contributed by atoms with van der Waals surface area (Å²) in [7, 11) is 1.06. The summed E-state index contributed by atoms with van der Waals surface area (Å²) in [6, 6.07) is 0. The van der Waals surface area contributed by atoms with E-state index >= 15 is 0 Å². The zero-order chi connectivity index (χ0) is 15.9. The van der Waals surface area contributed by atoms with Gasteiger partial charge < -0.3 is 19.4 Å². The number of thioether (sulfide) groups is 1. The minimum absolute atomic E-state index is 0.168. The van der Waals surface area contributed by atoms with Crippen molar-refractivity contribution in [3.63, 3.8) is 0 Å². The Balaban J connectivity index is 0. The van der Waals surface area contributed by atoms with Gasteiger partial charge in [0.15, 0.2) is 0 Å². The molecule has 0 radical (unpaired) electrons. The molecule has 20 heavy (non-hydrogen) atoms. The molecule has 122 valence electrons. The van der Waals surface area contributed by atoms with E-state index in [1.54, 1.807) is 7.11 Å². The molecule has 4 nitrogen and oxygen atoms in total. The summed E-state index contributed by atoms with van der Waals surface area (Å²) in [4.78, 5) is 9.63. The number of ether oxygens (including phenoxy) is 2. The molecule has 0 fully saturated rings. The Morgan fingerprint density at radius 1 is 1.20 bits per heavy atom. The average Bonchev–Trinajstić information content (AvgIpc) is 2.45. The second-order valence-electron chi connectivity index (χ2n) is 4.70. The number of hydrogen-bond acceptors (Lipinski definition) is 5. The molecule has 0 heterocycles. The van der Waals surface area contributed by atoms with Crippen LogP contribution in [0.2, 0.25) is 0 Å². The largest absolute Gasteiger partial charge is 0.550 e. The molecule has 0 aliphatic rings. The fraction of sp³-hybridized carbons (Fsp3) is 0.929. The van der Waals surface area contributed by atoms with E-state index in [1.165, 1.54) is 30.2 Å². The van der Waals surface area contributed by atoms with Crippen LogP contribution in [0.4, 0.5) is 0 Å². The predicted molar refractivity (Wildman–Crippen MR) is 89.5 cm³/mol.